The van der Waals surface area contributed by atoms with Gasteiger partial charge in [0.15, 0.2) is 5.60 Å². The highest BCUT2D eigenvalue weighted by molar-refractivity contribution is 6.30. The smallest absolute Gasteiger partial charge is 0.339 e. The van der Waals surface area contributed by atoms with Crippen LogP contribution in [0, 0.1) is 0 Å². The minimum Gasteiger partial charge on any atom is -0.478 e. The molecule has 128 valence electrons. The van der Waals surface area contributed by atoms with Gasteiger partial charge in [-0.1, -0.05) is 11.6 Å². The number of carbonyl (C=O) groups is 3. The van der Waals surface area contributed by atoms with Crippen LogP contribution in [0.3, 0.4) is 0 Å². The van der Waals surface area contributed by atoms with Crippen molar-refractivity contribution >= 4 is 35.1 Å². The highest BCUT2D eigenvalue weighted by atomic mass is 35.5. The Hall–Kier alpha value is -2.86. The second-order valence-electron chi connectivity index (χ2n) is 5.94. The average molecular weight is 360 g/mol. The summed E-state index contributed by atoms with van der Waals surface area (Å²) in [5, 5.41) is 12.0. The summed E-state index contributed by atoms with van der Waals surface area (Å²) in [6, 6.07) is 10.5. The second-order valence-corrected chi connectivity index (χ2v) is 6.37. The topological polar surface area (TPSA) is 92.7 Å². The first kappa shape index (κ1) is 17.0. The molecule has 0 spiro atoms. The number of hydrogen-bond acceptors (Lipinski definition) is 4. The Kier molecular flexibility index (Phi) is 4.22. The van der Waals surface area contributed by atoms with Crippen LogP contribution in [0.15, 0.2) is 42.5 Å². The van der Waals surface area contributed by atoms with Gasteiger partial charge in [0, 0.05) is 17.1 Å². The Morgan fingerprint density at radius 3 is 2.52 bits per heavy atom. The minimum atomic E-state index is -1.39. The van der Waals surface area contributed by atoms with E-state index < -0.39 is 23.4 Å². The van der Waals surface area contributed by atoms with Crippen molar-refractivity contribution < 1.29 is 24.2 Å². The Morgan fingerprint density at radius 2 is 1.88 bits per heavy atom. The molecule has 7 heteroatoms. The van der Waals surface area contributed by atoms with Crippen LogP contribution < -0.4 is 5.32 Å². The van der Waals surface area contributed by atoms with E-state index in [1.165, 1.54) is 31.2 Å². The number of halogens is 1. The third-order valence-corrected chi connectivity index (χ3v) is 4.24. The SMILES string of the molecule is CC1(C(=O)Nc2ccc(C(=O)O)cc2)Cc2cc(Cl)ccc2C(=O)O1. The maximum atomic E-state index is 12.6. The van der Waals surface area contributed by atoms with Crippen molar-refractivity contribution in [2.45, 2.75) is 18.9 Å². The van der Waals surface area contributed by atoms with Gasteiger partial charge in [-0.05, 0) is 55.0 Å². The van der Waals surface area contributed by atoms with Gasteiger partial charge in [0.25, 0.3) is 5.91 Å². The Balaban J connectivity index is 1.82. The molecule has 0 bridgehead atoms. The number of benzene rings is 2. The summed E-state index contributed by atoms with van der Waals surface area (Å²) in [5.41, 5.74) is 0.157. The molecule has 0 saturated carbocycles. The molecule has 6 nitrogen and oxygen atoms in total. The summed E-state index contributed by atoms with van der Waals surface area (Å²) < 4.78 is 5.35. The zero-order valence-corrected chi connectivity index (χ0v) is 14.0. The molecule has 25 heavy (non-hydrogen) atoms. The largest absolute Gasteiger partial charge is 0.478 e. The van der Waals surface area contributed by atoms with Crippen molar-refractivity contribution in [1.29, 1.82) is 0 Å². The van der Waals surface area contributed by atoms with E-state index in [0.29, 0.717) is 21.8 Å². The molecule has 0 aromatic heterocycles. The van der Waals surface area contributed by atoms with E-state index in [0.717, 1.165) is 0 Å². The second kappa shape index (κ2) is 6.22. The van der Waals surface area contributed by atoms with Crippen molar-refractivity contribution in [1.82, 2.24) is 0 Å². The summed E-state index contributed by atoms with van der Waals surface area (Å²) in [4.78, 5) is 35.6. The summed E-state index contributed by atoms with van der Waals surface area (Å²) in [5.74, 6) is -2.15. The van der Waals surface area contributed by atoms with Crippen molar-refractivity contribution in [2.75, 3.05) is 5.32 Å². The number of carboxylic acid groups (broad SMARTS) is 1. The van der Waals surface area contributed by atoms with Crippen molar-refractivity contribution in [2.24, 2.45) is 0 Å². The number of esters is 1. The van der Waals surface area contributed by atoms with Crippen LogP contribution in [0.1, 0.15) is 33.2 Å². The molecule has 0 fully saturated rings. The van der Waals surface area contributed by atoms with Gasteiger partial charge in [-0.15, -0.1) is 0 Å². The molecule has 1 unspecified atom stereocenters. The van der Waals surface area contributed by atoms with Crippen molar-refractivity contribution in [3.63, 3.8) is 0 Å². The van der Waals surface area contributed by atoms with Crippen LogP contribution in [0.25, 0.3) is 0 Å². The number of hydrogen-bond donors (Lipinski definition) is 2. The lowest BCUT2D eigenvalue weighted by Crippen LogP contribution is -2.48. The van der Waals surface area contributed by atoms with Gasteiger partial charge in [-0.25, -0.2) is 9.59 Å². The monoisotopic (exact) mass is 359 g/mol. The zero-order valence-electron chi connectivity index (χ0n) is 13.2. The summed E-state index contributed by atoms with van der Waals surface area (Å²) in [6.45, 7) is 1.52. The number of rotatable bonds is 3. The molecule has 0 radical (unpaired) electrons. The number of fused-ring (bicyclic) bond motifs is 1. The summed E-state index contributed by atoms with van der Waals surface area (Å²) in [7, 11) is 0. The molecule has 1 heterocycles. The maximum Gasteiger partial charge on any atom is 0.339 e. The van der Waals surface area contributed by atoms with Gasteiger partial charge in [0.2, 0.25) is 0 Å². The molecule has 1 amide bonds. The van der Waals surface area contributed by atoms with Crippen LogP contribution in [-0.2, 0) is 16.0 Å². The van der Waals surface area contributed by atoms with Gasteiger partial charge in [-0.3, -0.25) is 4.79 Å². The lowest BCUT2D eigenvalue weighted by atomic mass is 9.89. The molecule has 0 aliphatic carbocycles. The number of cyclic esters (lactones) is 1. The van der Waals surface area contributed by atoms with E-state index in [1.807, 2.05) is 0 Å². The van der Waals surface area contributed by atoms with Crippen LogP contribution in [0.2, 0.25) is 5.02 Å². The zero-order chi connectivity index (χ0) is 18.2. The molecule has 2 aromatic rings. The summed E-state index contributed by atoms with van der Waals surface area (Å²) >= 11 is 5.97. The summed E-state index contributed by atoms with van der Waals surface area (Å²) in [6.07, 6.45) is 0.188. The number of carbonyl (C=O) groups excluding carboxylic acids is 2. The standard InChI is InChI=1S/C18H14ClNO5/c1-18(9-11-8-12(19)4-7-14(11)16(23)25-18)17(24)20-13-5-2-10(3-6-13)15(21)22/h2-8H,9H2,1H3,(H,20,24)(H,21,22). The van der Waals surface area contributed by atoms with Crippen LogP contribution in [0.4, 0.5) is 5.69 Å². The minimum absolute atomic E-state index is 0.108. The fraction of sp³-hybridized carbons (Fsp3) is 0.167. The first-order chi connectivity index (χ1) is 11.8. The van der Waals surface area contributed by atoms with E-state index in [4.69, 9.17) is 21.4 Å². The van der Waals surface area contributed by atoms with E-state index >= 15 is 0 Å². The van der Waals surface area contributed by atoms with Gasteiger partial charge in [0.05, 0.1) is 11.1 Å². The van der Waals surface area contributed by atoms with E-state index in [9.17, 15) is 14.4 Å². The fourth-order valence-corrected chi connectivity index (χ4v) is 2.85. The van der Waals surface area contributed by atoms with Gasteiger partial charge < -0.3 is 15.2 Å². The highest BCUT2D eigenvalue weighted by Crippen LogP contribution is 2.31. The molecule has 1 aliphatic heterocycles. The number of ether oxygens (including phenoxy) is 1. The Labute approximate surface area is 148 Å². The molecule has 0 saturated heterocycles. The van der Waals surface area contributed by atoms with Crippen molar-refractivity contribution in [3.8, 4) is 0 Å². The normalized spacial score (nSPS) is 18.9. The number of anilines is 1. The van der Waals surface area contributed by atoms with E-state index in [2.05, 4.69) is 5.32 Å². The quantitative estimate of drug-likeness (QED) is 0.821. The average Bonchev–Trinajstić information content (AvgIpc) is 2.54. The lowest BCUT2D eigenvalue weighted by molar-refractivity contribution is -0.134. The third-order valence-electron chi connectivity index (χ3n) is 4.00. The molecule has 3 rings (SSSR count). The lowest BCUT2D eigenvalue weighted by Gasteiger charge is -2.33. The molecule has 1 aliphatic rings. The number of carboxylic acids is 1. The van der Waals surface area contributed by atoms with Crippen LogP contribution >= 0.6 is 11.6 Å². The van der Waals surface area contributed by atoms with Crippen LogP contribution in [-0.4, -0.2) is 28.6 Å². The molecule has 2 N–H and O–H groups in total. The van der Waals surface area contributed by atoms with Gasteiger partial charge in [0.1, 0.15) is 0 Å². The molecular weight excluding hydrogens is 346 g/mol. The Morgan fingerprint density at radius 1 is 1.20 bits per heavy atom. The predicted octanol–water partition coefficient (Wildman–Crippen LogP) is 3.15. The molecule has 1 atom stereocenters. The Bertz CT molecular complexity index is 878. The van der Waals surface area contributed by atoms with Gasteiger partial charge >= 0.3 is 11.9 Å². The number of nitrogens with one attached hydrogen (secondary N) is 1. The third kappa shape index (κ3) is 3.34. The molecular formula is C18H14ClNO5. The maximum absolute atomic E-state index is 12.6. The van der Waals surface area contributed by atoms with Gasteiger partial charge in [-0.2, -0.15) is 0 Å². The number of amides is 1. The fourth-order valence-electron chi connectivity index (χ4n) is 2.65. The first-order valence-corrected chi connectivity index (χ1v) is 7.83. The highest BCUT2D eigenvalue weighted by Gasteiger charge is 2.42. The molecule has 2 aromatic carbocycles. The van der Waals surface area contributed by atoms with Crippen molar-refractivity contribution in [3.05, 3.63) is 64.2 Å². The first-order valence-electron chi connectivity index (χ1n) is 7.45. The van der Waals surface area contributed by atoms with E-state index in [-0.39, 0.29) is 12.0 Å². The predicted molar refractivity (Wildman–Crippen MR) is 91.0 cm³/mol. The van der Waals surface area contributed by atoms with Crippen LogP contribution in [0.5, 0.6) is 0 Å². The number of aromatic carboxylic acids is 1. The van der Waals surface area contributed by atoms with E-state index in [1.54, 1.807) is 18.2 Å².